The molecule has 0 aromatic carbocycles. The van der Waals surface area contributed by atoms with Crippen LogP contribution in [0.15, 0.2) is 60.8 Å². The zero-order valence-electron chi connectivity index (χ0n) is 52.4. The van der Waals surface area contributed by atoms with Crippen molar-refractivity contribution in [3.8, 4) is 0 Å². The predicted octanol–water partition coefficient (Wildman–Crippen LogP) is 13.3. The summed E-state index contributed by atoms with van der Waals surface area (Å²) in [4.78, 5) is 13.3. The molecule has 2 aliphatic heterocycles. The molecule has 1 amide bonds. The Balaban J connectivity index is 1.61. The van der Waals surface area contributed by atoms with E-state index in [1.54, 1.807) is 6.08 Å². The Labute approximate surface area is 505 Å². The Bertz CT molecular complexity index is 1620. The minimum absolute atomic E-state index is 0.251. The first-order valence-electron chi connectivity index (χ1n) is 34.0. The van der Waals surface area contributed by atoms with Crippen molar-refractivity contribution in [2.45, 2.75) is 351 Å². The predicted molar refractivity (Wildman–Crippen MR) is 337 cm³/mol. The summed E-state index contributed by atoms with van der Waals surface area (Å²) in [6.45, 7) is 2.75. The largest absolute Gasteiger partial charge is 0.394 e. The average molecular weight is 1180 g/mol. The summed E-state index contributed by atoms with van der Waals surface area (Å²) in [6.07, 6.45) is 54.4. The summed E-state index contributed by atoms with van der Waals surface area (Å²) < 4.78 is 22.8. The van der Waals surface area contributed by atoms with Gasteiger partial charge in [0.2, 0.25) is 5.91 Å². The summed E-state index contributed by atoms with van der Waals surface area (Å²) in [5.41, 5.74) is 0. The third kappa shape index (κ3) is 38.6. The number of aliphatic hydroxyl groups excluding tert-OH is 8. The first kappa shape index (κ1) is 76.8. The second kappa shape index (κ2) is 53.9. The highest BCUT2D eigenvalue weighted by atomic mass is 16.7. The van der Waals surface area contributed by atoms with Gasteiger partial charge in [-0.1, -0.05) is 254 Å². The van der Waals surface area contributed by atoms with Crippen molar-refractivity contribution in [2.24, 2.45) is 0 Å². The van der Waals surface area contributed by atoms with E-state index in [0.29, 0.717) is 12.8 Å². The van der Waals surface area contributed by atoms with E-state index in [4.69, 9.17) is 18.9 Å². The molecule has 0 bridgehead atoms. The van der Waals surface area contributed by atoms with Crippen LogP contribution in [0, 0.1) is 0 Å². The van der Waals surface area contributed by atoms with E-state index in [1.807, 2.05) is 6.08 Å². The zero-order chi connectivity index (χ0) is 60.2. The molecule has 484 valence electrons. The Hall–Kier alpha value is -2.31. The minimum atomic E-state index is -1.79. The summed E-state index contributed by atoms with van der Waals surface area (Å²) in [6, 6.07) is -0.938. The molecule has 9 N–H and O–H groups in total. The highest BCUT2D eigenvalue weighted by Gasteiger charge is 2.51. The van der Waals surface area contributed by atoms with Gasteiger partial charge in [-0.25, -0.2) is 0 Å². The molecule has 2 fully saturated rings. The third-order valence-electron chi connectivity index (χ3n) is 16.4. The van der Waals surface area contributed by atoms with Gasteiger partial charge in [-0.15, -0.1) is 0 Å². The quantitative estimate of drug-likeness (QED) is 0.0204. The van der Waals surface area contributed by atoms with Crippen LogP contribution in [-0.4, -0.2) is 140 Å². The van der Waals surface area contributed by atoms with Crippen LogP contribution in [0.2, 0.25) is 0 Å². The number of amides is 1. The lowest BCUT2D eigenvalue weighted by molar-refractivity contribution is -0.359. The van der Waals surface area contributed by atoms with Crippen molar-refractivity contribution >= 4 is 5.91 Å². The molecular formula is C69H125NO13. The van der Waals surface area contributed by atoms with E-state index in [9.17, 15) is 45.6 Å². The number of nitrogens with one attached hydrogen (secondary N) is 1. The molecule has 2 heterocycles. The van der Waals surface area contributed by atoms with E-state index < -0.39 is 86.8 Å². The molecule has 0 radical (unpaired) electrons. The van der Waals surface area contributed by atoms with Gasteiger partial charge in [0.05, 0.1) is 32.0 Å². The number of rotatable bonds is 55. The Kier molecular flexibility index (Phi) is 49.9. The molecule has 0 saturated carbocycles. The standard InChI is InChI=1S/C69H125NO13/c1-3-5-7-9-11-13-15-17-19-20-21-22-23-24-25-26-27-28-29-30-31-32-33-34-35-36-37-38-39-41-43-45-47-49-51-53-61(74)70-57(58(73)52-50-48-46-44-42-40-18-16-14-12-10-8-6-4-2)56-80-68-66(79)64(77)67(60(55-72)82-68)83-69-65(78)63(76)62(75)59(54-71)81-69/h14-17,20-21,42,44,50,52,57-60,62-69,71-73,75-79H,3-13,18-19,22-41,43,45-49,51,53-56H2,1-2H3,(H,70,74)/b16-14+,17-15-,21-20-,44-42+,52-50+. The normalized spacial score (nSPS) is 24.2. The molecular weight excluding hydrogens is 1050 g/mol. The van der Waals surface area contributed by atoms with Crippen molar-refractivity contribution in [3.63, 3.8) is 0 Å². The van der Waals surface area contributed by atoms with Crippen LogP contribution >= 0.6 is 0 Å². The van der Waals surface area contributed by atoms with Gasteiger partial charge < -0.3 is 65.1 Å². The van der Waals surface area contributed by atoms with E-state index in [1.165, 1.54) is 193 Å². The molecule has 12 unspecified atom stereocenters. The van der Waals surface area contributed by atoms with Crippen LogP contribution in [0.25, 0.3) is 0 Å². The first-order chi connectivity index (χ1) is 40.6. The Morgan fingerprint density at radius 3 is 1.27 bits per heavy atom. The summed E-state index contributed by atoms with van der Waals surface area (Å²) >= 11 is 0. The van der Waals surface area contributed by atoms with Crippen LogP contribution in [-0.2, 0) is 23.7 Å². The Morgan fingerprint density at radius 2 is 0.807 bits per heavy atom. The summed E-state index contributed by atoms with van der Waals surface area (Å²) in [7, 11) is 0. The van der Waals surface area contributed by atoms with Crippen LogP contribution in [0.4, 0.5) is 0 Å². The number of ether oxygens (including phenoxy) is 4. The fourth-order valence-electron chi connectivity index (χ4n) is 10.9. The van der Waals surface area contributed by atoms with E-state index in [0.717, 1.165) is 51.4 Å². The number of carbonyl (C=O) groups excluding carboxylic acids is 1. The van der Waals surface area contributed by atoms with E-state index in [2.05, 4.69) is 67.8 Å². The lowest BCUT2D eigenvalue weighted by Gasteiger charge is -2.46. The van der Waals surface area contributed by atoms with Crippen molar-refractivity contribution in [1.82, 2.24) is 5.32 Å². The van der Waals surface area contributed by atoms with Crippen molar-refractivity contribution in [2.75, 3.05) is 19.8 Å². The lowest BCUT2D eigenvalue weighted by atomic mass is 9.97. The van der Waals surface area contributed by atoms with Gasteiger partial charge in [-0.2, -0.15) is 0 Å². The molecule has 0 aromatic rings. The van der Waals surface area contributed by atoms with Crippen LogP contribution in [0.5, 0.6) is 0 Å². The maximum absolute atomic E-state index is 13.3. The first-order valence-corrected chi connectivity index (χ1v) is 34.0. The summed E-state index contributed by atoms with van der Waals surface area (Å²) in [5, 5.41) is 87.1. The highest BCUT2D eigenvalue weighted by Crippen LogP contribution is 2.30. The summed E-state index contributed by atoms with van der Waals surface area (Å²) in [5.74, 6) is -0.251. The molecule has 14 heteroatoms. The fourth-order valence-corrected chi connectivity index (χ4v) is 10.9. The SMILES string of the molecule is CCCCCC/C=C/CC/C=C/CC/C=C/C(O)C(COC1OC(CO)C(OC2OC(CO)C(O)C(O)C2O)C(O)C1O)NC(=O)CCCCCCCCCCCCCCCCCCCCCCCCC/C=C\C/C=C\CCCCCCC. The number of aliphatic hydroxyl groups is 8. The number of hydrogen-bond acceptors (Lipinski definition) is 13. The number of carbonyl (C=O) groups is 1. The molecule has 14 nitrogen and oxygen atoms in total. The van der Waals surface area contributed by atoms with Gasteiger partial charge in [-0.05, 0) is 77.0 Å². The lowest BCUT2D eigenvalue weighted by Crippen LogP contribution is -2.65. The Morgan fingerprint density at radius 1 is 0.434 bits per heavy atom. The molecule has 2 rings (SSSR count). The van der Waals surface area contributed by atoms with Crippen molar-refractivity contribution < 1.29 is 64.6 Å². The van der Waals surface area contributed by atoms with Gasteiger partial charge >= 0.3 is 0 Å². The van der Waals surface area contributed by atoms with Crippen LogP contribution in [0.1, 0.15) is 277 Å². The fraction of sp³-hybridized carbons (Fsp3) is 0.841. The van der Waals surface area contributed by atoms with Gasteiger partial charge in [0, 0.05) is 6.42 Å². The molecule has 2 aliphatic rings. The maximum Gasteiger partial charge on any atom is 0.220 e. The van der Waals surface area contributed by atoms with Crippen molar-refractivity contribution in [1.29, 1.82) is 0 Å². The van der Waals surface area contributed by atoms with Gasteiger partial charge in [0.25, 0.3) is 0 Å². The van der Waals surface area contributed by atoms with Gasteiger partial charge in [-0.3, -0.25) is 4.79 Å². The van der Waals surface area contributed by atoms with Crippen molar-refractivity contribution in [3.05, 3.63) is 60.8 Å². The smallest absolute Gasteiger partial charge is 0.220 e. The number of unbranched alkanes of at least 4 members (excludes halogenated alkanes) is 34. The number of allylic oxidation sites excluding steroid dienone is 9. The molecule has 12 atom stereocenters. The van der Waals surface area contributed by atoms with E-state index in [-0.39, 0.29) is 18.9 Å². The molecule has 83 heavy (non-hydrogen) atoms. The minimum Gasteiger partial charge on any atom is -0.394 e. The van der Waals surface area contributed by atoms with Crippen LogP contribution in [0.3, 0.4) is 0 Å². The monoisotopic (exact) mass is 1180 g/mol. The second-order valence-electron chi connectivity index (χ2n) is 23.9. The zero-order valence-corrected chi connectivity index (χ0v) is 52.4. The molecule has 0 aromatic heterocycles. The average Bonchev–Trinajstić information content (AvgIpc) is 3.61. The second-order valence-corrected chi connectivity index (χ2v) is 23.9. The molecule has 0 aliphatic carbocycles. The molecule has 2 saturated heterocycles. The maximum atomic E-state index is 13.3. The molecule has 0 spiro atoms. The van der Waals surface area contributed by atoms with E-state index >= 15 is 0 Å². The topological polar surface area (TPSA) is 228 Å². The number of hydrogen-bond donors (Lipinski definition) is 9. The van der Waals surface area contributed by atoms with Crippen LogP contribution < -0.4 is 5.32 Å². The van der Waals surface area contributed by atoms with Gasteiger partial charge in [0.15, 0.2) is 12.6 Å². The van der Waals surface area contributed by atoms with Gasteiger partial charge in [0.1, 0.15) is 48.8 Å². The highest BCUT2D eigenvalue weighted by molar-refractivity contribution is 5.76. The third-order valence-corrected chi connectivity index (χ3v) is 16.4.